The third-order valence-corrected chi connectivity index (χ3v) is 7.39. The first kappa shape index (κ1) is 17.9. The van der Waals surface area contributed by atoms with Crippen molar-refractivity contribution in [1.82, 2.24) is 14.9 Å². The highest BCUT2D eigenvalue weighted by molar-refractivity contribution is 6.30. The number of anilines is 1. The quantitative estimate of drug-likeness (QED) is 0.841. The molecule has 0 bridgehead atoms. The molecule has 1 aliphatic heterocycles. The van der Waals surface area contributed by atoms with Crippen molar-refractivity contribution in [3.63, 3.8) is 0 Å². The molecule has 1 spiro atoms. The van der Waals surface area contributed by atoms with Crippen LogP contribution in [0.1, 0.15) is 55.3 Å². The van der Waals surface area contributed by atoms with Crippen LogP contribution in [0.15, 0.2) is 30.5 Å². The summed E-state index contributed by atoms with van der Waals surface area (Å²) >= 11 is 6.08. The molecule has 1 aromatic carbocycles. The van der Waals surface area contributed by atoms with Crippen LogP contribution in [-0.4, -0.2) is 33.9 Å². The summed E-state index contributed by atoms with van der Waals surface area (Å²) in [6, 6.07) is 7.85. The van der Waals surface area contributed by atoms with Crippen LogP contribution in [0.5, 0.6) is 0 Å². The van der Waals surface area contributed by atoms with Crippen LogP contribution >= 0.6 is 11.6 Å². The molecular formula is C22H25ClN4O. The first-order valence-corrected chi connectivity index (χ1v) is 10.6. The molecule has 28 heavy (non-hydrogen) atoms. The Balaban J connectivity index is 1.45. The van der Waals surface area contributed by atoms with Crippen LogP contribution in [0.2, 0.25) is 5.02 Å². The molecule has 2 N–H and O–H groups in total. The Labute approximate surface area is 170 Å². The van der Waals surface area contributed by atoms with Crippen molar-refractivity contribution in [2.75, 3.05) is 18.8 Å². The van der Waals surface area contributed by atoms with Gasteiger partial charge in [0.1, 0.15) is 0 Å². The lowest BCUT2D eigenvalue weighted by Gasteiger charge is -2.48. The van der Waals surface area contributed by atoms with Gasteiger partial charge >= 0.3 is 0 Å². The number of rotatable bonds is 2. The van der Waals surface area contributed by atoms with Gasteiger partial charge in [0.15, 0.2) is 0 Å². The van der Waals surface area contributed by atoms with E-state index < -0.39 is 0 Å². The molecule has 2 fully saturated rings. The van der Waals surface area contributed by atoms with E-state index in [0.29, 0.717) is 11.0 Å². The molecular weight excluding hydrogens is 372 g/mol. The van der Waals surface area contributed by atoms with Gasteiger partial charge in [-0.15, -0.1) is 0 Å². The Kier molecular flexibility index (Phi) is 4.13. The number of nitrogen functional groups attached to an aromatic ring is 1. The molecule has 146 valence electrons. The Bertz CT molecular complexity index is 921. The minimum atomic E-state index is -0.380. The number of piperidine rings is 1. The summed E-state index contributed by atoms with van der Waals surface area (Å²) in [5.74, 6) is 0.607. The molecule has 1 saturated heterocycles. The summed E-state index contributed by atoms with van der Waals surface area (Å²) in [7, 11) is 0. The zero-order chi connectivity index (χ0) is 19.4. The zero-order valence-electron chi connectivity index (χ0n) is 16.0. The van der Waals surface area contributed by atoms with Crippen LogP contribution in [-0.2, 0) is 22.0 Å². The average molecular weight is 397 g/mol. The van der Waals surface area contributed by atoms with Crippen molar-refractivity contribution >= 4 is 23.5 Å². The summed E-state index contributed by atoms with van der Waals surface area (Å²) in [5, 5.41) is 0.711. The molecule has 1 amide bonds. The van der Waals surface area contributed by atoms with Crippen molar-refractivity contribution in [2.24, 2.45) is 0 Å². The number of aryl methyl sites for hydroxylation is 1. The molecule has 5 rings (SSSR count). The van der Waals surface area contributed by atoms with E-state index >= 15 is 0 Å². The molecule has 3 aliphatic rings. The lowest BCUT2D eigenvalue weighted by atomic mass is 9.63. The van der Waals surface area contributed by atoms with Gasteiger partial charge in [0, 0.05) is 29.7 Å². The molecule has 1 atom stereocenters. The summed E-state index contributed by atoms with van der Waals surface area (Å²) < 4.78 is 0. The van der Waals surface area contributed by atoms with Crippen LogP contribution in [0.4, 0.5) is 5.95 Å². The number of likely N-dealkylation sites (tertiary alicyclic amines) is 1. The number of aromatic nitrogens is 2. The fraction of sp³-hybridized carbons (Fsp3) is 0.500. The first-order valence-electron chi connectivity index (χ1n) is 10.2. The molecule has 2 aliphatic carbocycles. The van der Waals surface area contributed by atoms with E-state index in [1.54, 1.807) is 0 Å². The number of carbonyl (C=O) groups is 1. The predicted molar refractivity (Wildman–Crippen MR) is 109 cm³/mol. The topological polar surface area (TPSA) is 72.1 Å². The molecule has 2 heterocycles. The molecule has 1 unspecified atom stereocenters. The molecule has 6 heteroatoms. The van der Waals surface area contributed by atoms with E-state index in [-0.39, 0.29) is 16.7 Å². The van der Waals surface area contributed by atoms with Crippen molar-refractivity contribution in [1.29, 1.82) is 0 Å². The average Bonchev–Trinajstić information content (AvgIpc) is 2.99. The van der Waals surface area contributed by atoms with Crippen molar-refractivity contribution in [3.8, 4) is 0 Å². The molecule has 2 aromatic rings. The number of halogens is 1. The SMILES string of the molecule is Nc1ncc2c(n1)C1(CCCN(C(=O)C3(c4ccc(Cl)cc4)CCC3)C1)CC2. The maximum atomic E-state index is 13.7. The van der Waals surface area contributed by atoms with E-state index in [1.807, 2.05) is 30.5 Å². The highest BCUT2D eigenvalue weighted by atomic mass is 35.5. The number of carbonyl (C=O) groups excluding carboxylic acids is 1. The maximum Gasteiger partial charge on any atom is 0.233 e. The standard InChI is InChI=1S/C22H25ClN4O/c23-17-5-3-16(4-6-17)22(9-1-10-22)19(28)27-12-2-8-21(14-27)11-7-15-13-25-20(24)26-18(15)21/h3-6,13H,1-2,7-12,14H2,(H2,24,25,26). The Morgan fingerprint density at radius 2 is 1.89 bits per heavy atom. The fourth-order valence-corrected chi connectivity index (χ4v) is 5.61. The number of hydrogen-bond acceptors (Lipinski definition) is 4. The number of nitrogens with zero attached hydrogens (tertiary/aromatic N) is 3. The predicted octanol–water partition coefficient (Wildman–Crippen LogP) is 3.64. The smallest absolute Gasteiger partial charge is 0.233 e. The largest absolute Gasteiger partial charge is 0.368 e. The summed E-state index contributed by atoms with van der Waals surface area (Å²) in [4.78, 5) is 24.6. The van der Waals surface area contributed by atoms with Gasteiger partial charge in [-0.05, 0) is 61.8 Å². The van der Waals surface area contributed by atoms with Gasteiger partial charge in [-0.25, -0.2) is 9.97 Å². The molecule has 1 aromatic heterocycles. The second kappa shape index (κ2) is 6.45. The van der Waals surface area contributed by atoms with E-state index in [9.17, 15) is 4.79 Å². The summed E-state index contributed by atoms with van der Waals surface area (Å²) in [6.07, 6.45) is 8.87. The normalized spacial score (nSPS) is 25.4. The number of hydrogen-bond donors (Lipinski definition) is 1. The van der Waals surface area contributed by atoms with Crippen LogP contribution in [0.3, 0.4) is 0 Å². The zero-order valence-corrected chi connectivity index (χ0v) is 16.7. The molecule has 5 nitrogen and oxygen atoms in total. The molecule has 0 radical (unpaired) electrons. The highest BCUT2D eigenvalue weighted by Gasteiger charge is 2.51. The lowest BCUT2D eigenvalue weighted by molar-refractivity contribution is -0.143. The van der Waals surface area contributed by atoms with Gasteiger partial charge in [-0.3, -0.25) is 4.79 Å². The van der Waals surface area contributed by atoms with E-state index in [1.165, 1.54) is 5.56 Å². The van der Waals surface area contributed by atoms with Crippen molar-refractivity contribution in [2.45, 2.75) is 55.8 Å². The minimum absolute atomic E-state index is 0.0642. The number of amides is 1. The second-order valence-electron chi connectivity index (χ2n) is 8.66. The third kappa shape index (κ3) is 2.63. The monoisotopic (exact) mass is 396 g/mol. The number of fused-ring (bicyclic) bond motifs is 2. The lowest BCUT2D eigenvalue weighted by Crippen LogP contribution is -2.56. The third-order valence-electron chi connectivity index (χ3n) is 7.14. The Morgan fingerprint density at radius 3 is 2.61 bits per heavy atom. The van der Waals surface area contributed by atoms with E-state index in [0.717, 1.165) is 69.3 Å². The summed E-state index contributed by atoms with van der Waals surface area (Å²) in [6.45, 7) is 1.57. The first-order chi connectivity index (χ1) is 13.5. The Morgan fingerprint density at radius 1 is 1.11 bits per heavy atom. The maximum absolute atomic E-state index is 13.7. The van der Waals surface area contributed by atoms with Crippen molar-refractivity contribution < 1.29 is 4.79 Å². The second-order valence-corrected chi connectivity index (χ2v) is 9.09. The van der Waals surface area contributed by atoms with Gasteiger partial charge in [0.25, 0.3) is 0 Å². The van der Waals surface area contributed by atoms with Crippen molar-refractivity contribution in [3.05, 3.63) is 52.3 Å². The van der Waals surface area contributed by atoms with E-state index in [2.05, 4.69) is 14.9 Å². The summed E-state index contributed by atoms with van der Waals surface area (Å²) in [5.41, 5.74) is 8.82. The minimum Gasteiger partial charge on any atom is -0.368 e. The highest BCUT2D eigenvalue weighted by Crippen LogP contribution is 2.48. The van der Waals surface area contributed by atoms with Gasteiger partial charge in [0.05, 0.1) is 11.1 Å². The number of nitrogens with two attached hydrogens (primary N) is 1. The Hall–Kier alpha value is -2.14. The van der Waals surface area contributed by atoms with Gasteiger partial charge in [-0.1, -0.05) is 30.2 Å². The number of benzene rings is 1. The van der Waals surface area contributed by atoms with E-state index in [4.69, 9.17) is 17.3 Å². The fourth-order valence-electron chi connectivity index (χ4n) is 5.49. The molecule has 1 saturated carbocycles. The van der Waals surface area contributed by atoms with Gasteiger partial charge < -0.3 is 10.6 Å². The van der Waals surface area contributed by atoms with Crippen LogP contribution in [0, 0.1) is 0 Å². The van der Waals surface area contributed by atoms with Crippen LogP contribution in [0.25, 0.3) is 0 Å². The van der Waals surface area contributed by atoms with Crippen LogP contribution < -0.4 is 5.73 Å². The van der Waals surface area contributed by atoms with Gasteiger partial charge in [-0.2, -0.15) is 0 Å². The van der Waals surface area contributed by atoms with Gasteiger partial charge in [0.2, 0.25) is 11.9 Å².